The summed E-state index contributed by atoms with van der Waals surface area (Å²) >= 11 is 4.77. The molecule has 0 aliphatic rings. The smallest absolute Gasteiger partial charge is 0.375 e. The van der Waals surface area contributed by atoms with Crippen LogP contribution < -0.4 is 0 Å². The summed E-state index contributed by atoms with van der Waals surface area (Å²) in [5.74, 6) is 6.17. The van der Waals surface area contributed by atoms with Crippen molar-refractivity contribution in [2.75, 3.05) is 12.4 Å². The molecule has 6 nitrogen and oxygen atoms in total. The molecule has 0 N–H and O–H groups in total. The van der Waals surface area contributed by atoms with Crippen molar-refractivity contribution >= 4 is 44.6 Å². The van der Waals surface area contributed by atoms with E-state index in [0.29, 0.717) is 22.4 Å². The number of hydrogen-bond acceptors (Lipinski definition) is 7. The third-order valence-corrected chi connectivity index (χ3v) is 5.20. The predicted molar refractivity (Wildman–Crippen MR) is 112 cm³/mol. The largest absolute Gasteiger partial charge is 0.449 e. The Morgan fingerprint density at radius 3 is 2.76 bits per heavy atom. The maximum Gasteiger partial charge on any atom is 0.375 e. The van der Waals surface area contributed by atoms with Crippen LogP contribution in [0.2, 0.25) is 0 Å². The topological polar surface area (TPSA) is 78.4 Å². The lowest BCUT2D eigenvalue weighted by molar-refractivity contribution is 0.0523. The number of aromatic nitrogens is 2. The van der Waals surface area contributed by atoms with Gasteiger partial charge in [-0.15, -0.1) is 10.2 Å². The molecule has 4 aromatic rings. The van der Waals surface area contributed by atoms with E-state index in [-0.39, 0.29) is 12.4 Å². The Kier molecular flexibility index (Phi) is 5.98. The van der Waals surface area contributed by atoms with Crippen LogP contribution in [0.4, 0.5) is 0 Å². The van der Waals surface area contributed by atoms with Crippen LogP contribution in [0, 0.1) is 11.8 Å². The highest BCUT2D eigenvalue weighted by molar-refractivity contribution is 9.10. The predicted octanol–water partition coefficient (Wildman–Crippen LogP) is 5.20. The molecule has 0 radical (unpaired) electrons. The van der Waals surface area contributed by atoms with E-state index in [1.807, 2.05) is 42.5 Å². The second-order valence-electron chi connectivity index (χ2n) is 5.72. The third kappa shape index (κ3) is 4.70. The van der Waals surface area contributed by atoms with Gasteiger partial charge in [-0.25, -0.2) is 4.79 Å². The van der Waals surface area contributed by atoms with Crippen molar-refractivity contribution in [3.8, 4) is 23.3 Å². The van der Waals surface area contributed by atoms with Crippen LogP contribution in [-0.2, 0) is 4.74 Å². The zero-order valence-electron chi connectivity index (χ0n) is 14.9. The zero-order valence-corrected chi connectivity index (χ0v) is 17.3. The summed E-state index contributed by atoms with van der Waals surface area (Å²) in [5.41, 5.74) is 1.47. The van der Waals surface area contributed by atoms with E-state index in [1.165, 1.54) is 11.8 Å². The number of hydrogen-bond donors (Lipinski definition) is 0. The van der Waals surface area contributed by atoms with Gasteiger partial charge in [-0.05, 0) is 40.2 Å². The maximum absolute atomic E-state index is 12.0. The summed E-state index contributed by atoms with van der Waals surface area (Å²) in [6.45, 7) is -0.0253. The molecule has 8 heteroatoms. The second-order valence-corrected chi connectivity index (χ2v) is 7.50. The van der Waals surface area contributed by atoms with Crippen LogP contribution in [0.25, 0.3) is 22.4 Å². The number of furan rings is 1. The number of benzene rings is 2. The Balaban J connectivity index is 1.26. The lowest BCUT2D eigenvalue weighted by Gasteiger charge is -1.96. The van der Waals surface area contributed by atoms with Gasteiger partial charge in [-0.3, -0.25) is 0 Å². The second kappa shape index (κ2) is 8.99. The van der Waals surface area contributed by atoms with Crippen LogP contribution in [0.3, 0.4) is 0 Å². The number of carbonyl (C=O) groups excluding carboxylic acids is 1. The Morgan fingerprint density at radius 2 is 1.90 bits per heavy atom. The Morgan fingerprint density at radius 1 is 1.07 bits per heavy atom. The van der Waals surface area contributed by atoms with E-state index in [2.05, 4.69) is 38.0 Å². The molecular weight excluding hydrogens is 456 g/mol. The average Bonchev–Trinajstić information content (AvgIpc) is 3.38. The number of thioether (sulfide) groups is 1. The molecule has 4 rings (SSSR count). The molecule has 2 heterocycles. The van der Waals surface area contributed by atoms with Gasteiger partial charge in [0.1, 0.15) is 5.58 Å². The molecule has 2 aromatic carbocycles. The van der Waals surface area contributed by atoms with Crippen molar-refractivity contribution in [2.24, 2.45) is 0 Å². The molecule has 29 heavy (non-hydrogen) atoms. The van der Waals surface area contributed by atoms with Gasteiger partial charge in [-0.2, -0.15) is 0 Å². The molecule has 0 fully saturated rings. The highest BCUT2D eigenvalue weighted by Gasteiger charge is 2.13. The Labute approximate surface area is 178 Å². The number of rotatable bonds is 5. The summed E-state index contributed by atoms with van der Waals surface area (Å²) in [6, 6.07) is 16.6. The quantitative estimate of drug-likeness (QED) is 0.226. The van der Waals surface area contributed by atoms with E-state index in [1.54, 1.807) is 12.1 Å². The van der Waals surface area contributed by atoms with Crippen molar-refractivity contribution in [1.82, 2.24) is 10.2 Å². The molecule has 0 aliphatic heterocycles. The molecule has 0 saturated heterocycles. The van der Waals surface area contributed by atoms with E-state index in [9.17, 15) is 4.79 Å². The first-order valence-electron chi connectivity index (χ1n) is 8.53. The van der Waals surface area contributed by atoms with Crippen LogP contribution in [0.5, 0.6) is 0 Å². The van der Waals surface area contributed by atoms with Gasteiger partial charge in [0.2, 0.25) is 11.7 Å². The van der Waals surface area contributed by atoms with Crippen molar-refractivity contribution in [3.05, 3.63) is 64.8 Å². The number of nitrogens with zero attached hydrogens (tertiary/aromatic N) is 2. The third-order valence-electron chi connectivity index (χ3n) is 3.81. The van der Waals surface area contributed by atoms with Gasteiger partial charge < -0.3 is 13.6 Å². The minimum atomic E-state index is -0.543. The molecule has 144 valence electrons. The molecule has 0 saturated carbocycles. The zero-order chi connectivity index (χ0) is 20.1. The van der Waals surface area contributed by atoms with Gasteiger partial charge in [-0.1, -0.05) is 53.9 Å². The number of esters is 1. The molecule has 0 amide bonds. The average molecular weight is 469 g/mol. The fourth-order valence-electron chi connectivity index (χ4n) is 2.47. The SMILES string of the molecule is O=C(OCC#CCSc1nnc(-c2ccccc2Br)o1)c1cc2ccccc2o1. The summed E-state index contributed by atoms with van der Waals surface area (Å²) < 4.78 is 17.1. The Hall–Kier alpha value is -3.02. The fraction of sp³-hybridized carbons (Fsp3) is 0.0952. The lowest BCUT2D eigenvalue weighted by atomic mass is 10.2. The van der Waals surface area contributed by atoms with E-state index in [4.69, 9.17) is 13.6 Å². The molecule has 0 bridgehead atoms. The van der Waals surface area contributed by atoms with Gasteiger partial charge in [0, 0.05) is 9.86 Å². The number of fused-ring (bicyclic) bond motifs is 1. The van der Waals surface area contributed by atoms with Gasteiger partial charge in [0.15, 0.2) is 6.61 Å². The number of ether oxygens (including phenoxy) is 1. The summed E-state index contributed by atoms with van der Waals surface area (Å²) in [4.78, 5) is 12.0. The highest BCUT2D eigenvalue weighted by atomic mass is 79.9. The van der Waals surface area contributed by atoms with Crippen molar-refractivity contribution in [1.29, 1.82) is 0 Å². The van der Waals surface area contributed by atoms with E-state index >= 15 is 0 Å². The standard InChI is InChI=1S/C21H13BrN2O4S/c22-16-9-3-2-8-15(16)19-23-24-21(28-19)29-12-6-5-11-26-20(25)18-13-14-7-1-4-10-17(14)27-18/h1-4,7-10,13H,11-12H2. The normalized spacial score (nSPS) is 10.5. The minimum absolute atomic E-state index is 0.0253. The lowest BCUT2D eigenvalue weighted by Crippen LogP contribution is -2.03. The van der Waals surface area contributed by atoms with Crippen LogP contribution in [0.1, 0.15) is 10.6 Å². The summed E-state index contributed by atoms with van der Waals surface area (Å²) in [6.07, 6.45) is 0. The molecule has 0 atom stereocenters. The van der Waals surface area contributed by atoms with Gasteiger partial charge >= 0.3 is 5.97 Å². The molecule has 0 aliphatic carbocycles. The minimum Gasteiger partial charge on any atom is -0.449 e. The fourth-order valence-corrected chi connectivity index (χ4v) is 3.46. The van der Waals surface area contributed by atoms with Crippen LogP contribution in [-0.4, -0.2) is 28.5 Å². The highest BCUT2D eigenvalue weighted by Crippen LogP contribution is 2.28. The molecular formula is C21H13BrN2O4S. The number of halogens is 1. The summed E-state index contributed by atoms with van der Waals surface area (Å²) in [7, 11) is 0. The molecule has 2 aromatic heterocycles. The van der Waals surface area contributed by atoms with E-state index in [0.717, 1.165) is 15.4 Å². The summed E-state index contributed by atoms with van der Waals surface area (Å²) in [5, 5.41) is 9.31. The van der Waals surface area contributed by atoms with Gasteiger partial charge in [0.05, 0.1) is 11.3 Å². The maximum atomic E-state index is 12.0. The van der Waals surface area contributed by atoms with Crippen molar-refractivity contribution in [2.45, 2.75) is 5.22 Å². The van der Waals surface area contributed by atoms with Crippen LogP contribution in [0.15, 0.2) is 73.1 Å². The monoisotopic (exact) mass is 468 g/mol. The van der Waals surface area contributed by atoms with Crippen LogP contribution >= 0.6 is 27.7 Å². The molecule has 0 unspecified atom stereocenters. The first kappa shape index (κ1) is 19.3. The van der Waals surface area contributed by atoms with Gasteiger partial charge in [0.25, 0.3) is 5.22 Å². The molecule has 0 spiro atoms. The van der Waals surface area contributed by atoms with E-state index < -0.39 is 5.97 Å². The first-order chi connectivity index (χ1) is 14.2. The number of para-hydroxylation sites is 1. The Bertz CT molecular complexity index is 1190. The first-order valence-corrected chi connectivity index (χ1v) is 10.3. The number of carbonyl (C=O) groups is 1. The van der Waals surface area contributed by atoms with Crippen molar-refractivity contribution in [3.63, 3.8) is 0 Å². The van der Waals surface area contributed by atoms with Crippen molar-refractivity contribution < 1.29 is 18.4 Å².